The monoisotopic (exact) mass is 526 g/mol. The second kappa shape index (κ2) is 7.97. The number of aromatic nitrogens is 7. The average molecular weight is 527 g/mol. The van der Waals surface area contributed by atoms with Crippen LogP contribution in [0.4, 0.5) is 8.78 Å². The lowest BCUT2D eigenvalue weighted by Crippen LogP contribution is -2.23. The Balaban J connectivity index is 1.16. The van der Waals surface area contributed by atoms with Crippen molar-refractivity contribution in [2.45, 2.75) is 31.8 Å². The van der Waals surface area contributed by atoms with E-state index < -0.39 is 11.7 Å². The van der Waals surface area contributed by atoms with E-state index in [9.17, 15) is 13.6 Å². The number of hydrogen-bond donors (Lipinski definition) is 1. The summed E-state index contributed by atoms with van der Waals surface area (Å²) in [6.45, 7) is 0.246. The number of carbonyl (C=O) groups is 1. The fourth-order valence-electron chi connectivity index (χ4n) is 3.96. The molecule has 1 saturated carbocycles. The molecule has 1 N–H and O–H groups in total. The van der Waals surface area contributed by atoms with Gasteiger partial charge in [-0.2, -0.15) is 0 Å². The van der Waals surface area contributed by atoms with Crippen molar-refractivity contribution in [3.63, 3.8) is 0 Å². The fraction of sp³-hybridized carbons (Fsp3) is 0.227. The molecule has 1 aliphatic carbocycles. The van der Waals surface area contributed by atoms with Gasteiger partial charge in [-0.3, -0.25) is 4.79 Å². The predicted octanol–water partition coefficient (Wildman–Crippen LogP) is 3.47. The van der Waals surface area contributed by atoms with Crippen LogP contribution in [-0.2, 0) is 13.1 Å². The van der Waals surface area contributed by atoms with Crippen LogP contribution in [0, 0.1) is 11.6 Å². The van der Waals surface area contributed by atoms with E-state index in [0.29, 0.717) is 21.8 Å². The van der Waals surface area contributed by atoms with Crippen molar-refractivity contribution < 1.29 is 13.6 Å². The molecule has 5 aromatic rings. The highest BCUT2D eigenvalue weighted by Crippen LogP contribution is 2.40. The minimum Gasteiger partial charge on any atom is -0.345 e. The largest absolute Gasteiger partial charge is 0.345 e. The normalized spacial score (nSPS) is 13.7. The van der Waals surface area contributed by atoms with E-state index >= 15 is 0 Å². The van der Waals surface area contributed by atoms with Crippen molar-refractivity contribution in [2.24, 2.45) is 0 Å². The zero-order valence-corrected chi connectivity index (χ0v) is 19.2. The highest BCUT2D eigenvalue weighted by molar-refractivity contribution is 9.10. The van der Waals surface area contributed by atoms with Crippen LogP contribution in [0.1, 0.15) is 46.2 Å². The van der Waals surface area contributed by atoms with Crippen molar-refractivity contribution in [1.29, 1.82) is 0 Å². The molecule has 0 aromatic carbocycles. The van der Waals surface area contributed by atoms with Crippen LogP contribution in [0.2, 0.25) is 0 Å². The van der Waals surface area contributed by atoms with E-state index in [0.717, 1.165) is 18.4 Å². The zero-order valence-electron chi connectivity index (χ0n) is 17.6. The summed E-state index contributed by atoms with van der Waals surface area (Å²) in [6, 6.07) is 3.13. The third-order valence-electron chi connectivity index (χ3n) is 5.81. The van der Waals surface area contributed by atoms with E-state index in [-0.39, 0.29) is 35.8 Å². The van der Waals surface area contributed by atoms with Gasteiger partial charge in [0, 0.05) is 18.6 Å². The number of carbonyl (C=O) groups excluding carboxylic acids is 1. The lowest BCUT2D eigenvalue weighted by atomic mass is 10.2. The quantitative estimate of drug-likeness (QED) is 0.365. The van der Waals surface area contributed by atoms with E-state index in [1.165, 1.54) is 17.2 Å². The van der Waals surface area contributed by atoms with Gasteiger partial charge in [0.15, 0.2) is 23.0 Å². The van der Waals surface area contributed by atoms with Gasteiger partial charge in [-0.15, -0.1) is 5.10 Å². The van der Waals surface area contributed by atoms with Crippen LogP contribution in [0.25, 0.3) is 11.2 Å². The van der Waals surface area contributed by atoms with Gasteiger partial charge in [0.2, 0.25) is 0 Å². The number of halogens is 3. The van der Waals surface area contributed by atoms with E-state index in [1.54, 1.807) is 33.3 Å². The summed E-state index contributed by atoms with van der Waals surface area (Å²) in [5.74, 6) is -0.856. The molecule has 12 heteroatoms. The maximum atomic E-state index is 14.4. The highest BCUT2D eigenvalue weighted by Gasteiger charge is 2.25. The minimum absolute atomic E-state index is 0.0185. The van der Waals surface area contributed by atoms with Crippen molar-refractivity contribution in [1.82, 2.24) is 39.1 Å². The molecule has 0 aliphatic heterocycles. The molecule has 6 rings (SSSR count). The summed E-state index contributed by atoms with van der Waals surface area (Å²) in [5, 5.41) is 10.6. The average Bonchev–Trinajstić information content (AvgIpc) is 3.22. The molecule has 5 heterocycles. The van der Waals surface area contributed by atoms with E-state index in [1.807, 2.05) is 6.20 Å². The van der Waals surface area contributed by atoms with E-state index in [2.05, 4.69) is 41.5 Å². The second-order valence-electron chi connectivity index (χ2n) is 8.27. The van der Waals surface area contributed by atoms with Crippen molar-refractivity contribution in [3.8, 4) is 0 Å². The number of hydrogen-bond acceptors (Lipinski definition) is 5. The van der Waals surface area contributed by atoms with Crippen LogP contribution in [0.3, 0.4) is 0 Å². The minimum atomic E-state index is -0.474. The molecule has 0 spiro atoms. The van der Waals surface area contributed by atoms with Gasteiger partial charge in [0.1, 0.15) is 5.52 Å². The van der Waals surface area contributed by atoms with Crippen LogP contribution in [0.15, 0.2) is 47.7 Å². The number of imidazole rings is 2. The molecular weight excluding hydrogens is 510 g/mol. The van der Waals surface area contributed by atoms with Crippen molar-refractivity contribution >= 4 is 33.0 Å². The number of amides is 1. The molecule has 1 fully saturated rings. The molecule has 1 aliphatic rings. The van der Waals surface area contributed by atoms with Gasteiger partial charge in [0.25, 0.3) is 5.91 Å². The SMILES string of the molecule is O=C(NCc1ncn2ccc(Br)c(F)c12)c1cn(Cc2cn3cc(C4CC4)cc(F)c3n2)nn1. The summed E-state index contributed by atoms with van der Waals surface area (Å²) in [5.41, 5.74) is 2.58. The molecule has 9 nitrogen and oxygen atoms in total. The third kappa shape index (κ3) is 3.73. The van der Waals surface area contributed by atoms with Gasteiger partial charge in [-0.05, 0) is 52.4 Å². The summed E-state index contributed by atoms with van der Waals surface area (Å²) in [7, 11) is 0. The summed E-state index contributed by atoms with van der Waals surface area (Å²) in [6.07, 6.45) is 10.5. The molecule has 0 atom stereocenters. The number of nitrogens with one attached hydrogen (secondary N) is 1. The standard InChI is InChI=1S/C22H17BrF2N8O/c23-15-3-4-31-11-27-17(20(31)19(15)25)6-26-22(34)18-10-33(30-29-18)9-14-8-32-7-13(12-1-2-12)5-16(24)21(32)28-14/h3-5,7-8,10-12H,1-2,6,9H2,(H,26,34). The maximum absolute atomic E-state index is 14.4. The second-order valence-corrected chi connectivity index (χ2v) is 9.12. The molecule has 0 radical (unpaired) electrons. The topological polar surface area (TPSA) is 94.4 Å². The zero-order chi connectivity index (χ0) is 23.4. The number of nitrogens with zero attached hydrogens (tertiary/aromatic N) is 7. The molecule has 5 aromatic heterocycles. The summed E-state index contributed by atoms with van der Waals surface area (Å²) in [4.78, 5) is 21.1. The first-order valence-corrected chi connectivity index (χ1v) is 11.4. The number of pyridine rings is 2. The highest BCUT2D eigenvalue weighted by atomic mass is 79.9. The fourth-order valence-corrected chi connectivity index (χ4v) is 4.26. The van der Waals surface area contributed by atoms with Crippen molar-refractivity contribution in [3.05, 3.63) is 82.0 Å². The third-order valence-corrected chi connectivity index (χ3v) is 6.42. The first kappa shape index (κ1) is 20.9. The Kier molecular flexibility index (Phi) is 4.90. The Morgan fingerprint density at radius 2 is 2.06 bits per heavy atom. The lowest BCUT2D eigenvalue weighted by molar-refractivity contribution is 0.0945. The maximum Gasteiger partial charge on any atom is 0.273 e. The van der Waals surface area contributed by atoms with Crippen LogP contribution >= 0.6 is 15.9 Å². The number of fused-ring (bicyclic) bond motifs is 2. The van der Waals surface area contributed by atoms with Gasteiger partial charge < -0.3 is 14.1 Å². The van der Waals surface area contributed by atoms with Crippen LogP contribution in [-0.4, -0.2) is 39.7 Å². The smallest absolute Gasteiger partial charge is 0.273 e. The lowest BCUT2D eigenvalue weighted by Gasteiger charge is -2.03. The van der Waals surface area contributed by atoms with Gasteiger partial charge >= 0.3 is 0 Å². The van der Waals surface area contributed by atoms with Crippen molar-refractivity contribution in [2.75, 3.05) is 0 Å². The summed E-state index contributed by atoms with van der Waals surface area (Å²) >= 11 is 3.16. The molecule has 0 unspecified atom stereocenters. The molecular formula is C22H17BrF2N8O. The Hall–Kier alpha value is -3.67. The Morgan fingerprint density at radius 1 is 1.21 bits per heavy atom. The Labute approximate surface area is 199 Å². The molecule has 1 amide bonds. The Bertz CT molecular complexity index is 1570. The molecule has 34 heavy (non-hydrogen) atoms. The molecule has 0 bridgehead atoms. The van der Waals surface area contributed by atoms with E-state index in [4.69, 9.17) is 0 Å². The van der Waals surface area contributed by atoms with Gasteiger partial charge in [-0.1, -0.05) is 5.21 Å². The van der Waals surface area contributed by atoms with Gasteiger partial charge in [-0.25, -0.2) is 23.4 Å². The Morgan fingerprint density at radius 3 is 2.88 bits per heavy atom. The number of rotatable bonds is 6. The predicted molar refractivity (Wildman–Crippen MR) is 120 cm³/mol. The first-order chi connectivity index (χ1) is 16.5. The van der Waals surface area contributed by atoms with Crippen LogP contribution < -0.4 is 5.32 Å². The van der Waals surface area contributed by atoms with Gasteiger partial charge in [0.05, 0.1) is 41.5 Å². The molecule has 172 valence electrons. The first-order valence-electron chi connectivity index (χ1n) is 10.6. The summed E-state index contributed by atoms with van der Waals surface area (Å²) < 4.78 is 33.9. The molecule has 0 saturated heterocycles. The van der Waals surface area contributed by atoms with Crippen LogP contribution in [0.5, 0.6) is 0 Å².